The summed E-state index contributed by atoms with van der Waals surface area (Å²) in [5.41, 5.74) is 1.85. The highest BCUT2D eigenvalue weighted by atomic mass is 19.1. The molecule has 1 saturated heterocycles. The van der Waals surface area contributed by atoms with Gasteiger partial charge in [0.25, 0.3) is 0 Å². The maximum absolute atomic E-state index is 13.7. The zero-order valence-electron chi connectivity index (χ0n) is 15.4. The number of hydrogen-bond acceptors (Lipinski definition) is 3. The van der Waals surface area contributed by atoms with Crippen molar-refractivity contribution in [2.75, 3.05) is 13.1 Å². The van der Waals surface area contributed by atoms with Crippen LogP contribution in [0.5, 0.6) is 0 Å². The molecule has 4 rings (SSSR count). The Morgan fingerprint density at radius 1 is 1.07 bits per heavy atom. The quantitative estimate of drug-likeness (QED) is 0.696. The zero-order chi connectivity index (χ0) is 19.5. The highest BCUT2D eigenvalue weighted by Gasteiger charge is 2.31. The number of fused-ring (bicyclic) bond motifs is 1. The molecule has 3 aromatic rings. The van der Waals surface area contributed by atoms with Crippen molar-refractivity contribution in [3.63, 3.8) is 0 Å². The zero-order valence-corrected chi connectivity index (χ0v) is 15.4. The largest absolute Gasteiger partial charge is 0.530 e. The lowest BCUT2D eigenvalue weighted by Gasteiger charge is -2.40. The minimum atomic E-state index is -1.20. The Balaban J connectivity index is 1.54. The van der Waals surface area contributed by atoms with E-state index in [9.17, 15) is 14.3 Å². The number of ether oxygens (including phenoxy) is 1. The van der Waals surface area contributed by atoms with Crippen LogP contribution in [-0.2, 0) is 11.3 Å². The molecule has 0 aliphatic carbocycles. The Kier molecular flexibility index (Phi) is 5.26. The van der Waals surface area contributed by atoms with Gasteiger partial charge in [-0.3, -0.25) is 0 Å². The summed E-state index contributed by atoms with van der Waals surface area (Å²) in [5, 5.41) is 13.6. The summed E-state index contributed by atoms with van der Waals surface area (Å²) in [6.45, 7) is 0.943. The van der Waals surface area contributed by atoms with Crippen LogP contribution in [0.1, 0.15) is 23.5 Å². The first-order valence-electron chi connectivity index (χ1n) is 9.41. The Morgan fingerprint density at radius 3 is 2.68 bits per heavy atom. The van der Waals surface area contributed by atoms with Crippen LogP contribution in [0.3, 0.4) is 0 Å². The van der Waals surface area contributed by atoms with E-state index in [4.69, 9.17) is 4.74 Å². The van der Waals surface area contributed by atoms with Gasteiger partial charge in [0.2, 0.25) is 0 Å². The second-order valence-corrected chi connectivity index (χ2v) is 7.19. The monoisotopic (exact) mass is 378 g/mol. The predicted octanol–water partition coefficient (Wildman–Crippen LogP) is 3.70. The molecule has 0 saturated carbocycles. The van der Waals surface area contributed by atoms with Crippen LogP contribution in [0.2, 0.25) is 0 Å². The minimum absolute atomic E-state index is 0.0632. The molecule has 2 unspecified atom stereocenters. The van der Waals surface area contributed by atoms with Crippen LogP contribution < -0.4 is 5.11 Å². The highest BCUT2D eigenvalue weighted by Crippen LogP contribution is 2.31. The summed E-state index contributed by atoms with van der Waals surface area (Å²) >= 11 is 0. The van der Waals surface area contributed by atoms with Crippen molar-refractivity contribution in [3.8, 4) is 0 Å². The van der Waals surface area contributed by atoms with Gasteiger partial charge in [-0.15, -0.1) is 0 Å². The van der Waals surface area contributed by atoms with E-state index in [1.807, 2.05) is 36.4 Å². The van der Waals surface area contributed by atoms with Gasteiger partial charge in [0.15, 0.2) is 0 Å². The van der Waals surface area contributed by atoms with Crippen molar-refractivity contribution < 1.29 is 19.0 Å². The van der Waals surface area contributed by atoms with E-state index >= 15 is 0 Å². The van der Waals surface area contributed by atoms with Crippen LogP contribution in [-0.4, -0.2) is 30.2 Å². The van der Waals surface area contributed by atoms with Gasteiger partial charge in [0.1, 0.15) is 11.9 Å². The summed E-state index contributed by atoms with van der Waals surface area (Å²) in [4.78, 5) is 12.6. The van der Waals surface area contributed by atoms with E-state index in [1.54, 1.807) is 6.07 Å². The molecule has 0 spiro atoms. The average Bonchev–Trinajstić information content (AvgIpc) is 2.72. The third kappa shape index (κ3) is 3.99. The lowest BCUT2D eigenvalue weighted by atomic mass is 9.87. The van der Waals surface area contributed by atoms with Gasteiger partial charge in [-0.1, -0.05) is 48.5 Å². The second-order valence-electron chi connectivity index (χ2n) is 7.19. The van der Waals surface area contributed by atoms with Gasteiger partial charge >= 0.3 is 0 Å². The summed E-state index contributed by atoms with van der Waals surface area (Å²) < 4.78 is 19.8. The lowest BCUT2D eigenvalue weighted by Crippen LogP contribution is -2.51. The number of rotatable bonds is 4. The van der Waals surface area contributed by atoms with Gasteiger partial charge < -0.3 is 19.5 Å². The fourth-order valence-corrected chi connectivity index (χ4v) is 3.90. The van der Waals surface area contributed by atoms with Gasteiger partial charge in [0.05, 0.1) is 12.7 Å². The Bertz CT molecular complexity index is 990. The minimum Gasteiger partial charge on any atom is -0.530 e. The van der Waals surface area contributed by atoms with Crippen LogP contribution in [0, 0.1) is 5.82 Å². The van der Waals surface area contributed by atoms with Gasteiger partial charge in [-0.05, 0) is 46.5 Å². The normalized spacial score (nSPS) is 19.7. The van der Waals surface area contributed by atoms with E-state index in [1.165, 1.54) is 17.0 Å². The molecule has 2 atom stereocenters. The number of halogens is 1. The molecule has 28 heavy (non-hydrogen) atoms. The summed E-state index contributed by atoms with van der Waals surface area (Å²) in [7, 11) is 0. The first-order chi connectivity index (χ1) is 13.6. The van der Waals surface area contributed by atoms with Crippen molar-refractivity contribution in [2.24, 2.45) is 0 Å². The Hall–Kier alpha value is -2.92. The SMILES string of the molecule is O=C([O-])N1CCC(c2cccc(F)c2)C(OCc2ccc3ccccc3c2)C1. The molecule has 1 aliphatic heterocycles. The molecule has 1 heterocycles. The third-order valence-electron chi connectivity index (χ3n) is 5.37. The van der Waals surface area contributed by atoms with Gasteiger partial charge in [-0.2, -0.15) is 0 Å². The van der Waals surface area contributed by atoms with Crippen molar-refractivity contribution >= 4 is 16.9 Å². The van der Waals surface area contributed by atoms with Crippen molar-refractivity contribution in [3.05, 3.63) is 83.7 Å². The molecule has 4 nitrogen and oxygen atoms in total. The summed E-state index contributed by atoms with van der Waals surface area (Å²) in [6.07, 6.45) is -0.989. The number of piperidine rings is 1. The topological polar surface area (TPSA) is 52.6 Å². The fourth-order valence-electron chi connectivity index (χ4n) is 3.90. The maximum atomic E-state index is 13.7. The molecule has 0 bridgehead atoms. The molecule has 144 valence electrons. The molecular formula is C23H21FNO3-. The first-order valence-corrected chi connectivity index (χ1v) is 9.41. The standard InChI is InChI=1S/C23H22FNO3/c24-20-7-3-6-19(13-20)21-10-11-25(23(26)27)14-22(21)28-15-16-8-9-17-4-1-2-5-18(17)12-16/h1-9,12-13,21-22H,10-11,14-15H2,(H,26,27)/p-1. The van der Waals surface area contributed by atoms with Crippen molar-refractivity contribution in [1.29, 1.82) is 0 Å². The maximum Gasteiger partial charge on any atom is 0.137 e. The molecular weight excluding hydrogens is 357 g/mol. The van der Waals surface area contributed by atoms with Crippen molar-refractivity contribution in [1.82, 2.24) is 4.90 Å². The number of carbonyl (C=O) groups is 1. The third-order valence-corrected chi connectivity index (χ3v) is 5.37. The number of benzene rings is 3. The molecule has 1 fully saturated rings. The van der Waals surface area contributed by atoms with Crippen LogP contribution >= 0.6 is 0 Å². The second kappa shape index (κ2) is 7.98. The van der Waals surface area contributed by atoms with E-state index in [-0.39, 0.29) is 24.4 Å². The lowest BCUT2D eigenvalue weighted by molar-refractivity contribution is -0.268. The van der Waals surface area contributed by atoms with Gasteiger partial charge in [-0.25, -0.2) is 4.39 Å². The summed E-state index contributed by atoms with van der Waals surface area (Å²) in [5.74, 6) is -0.361. The highest BCUT2D eigenvalue weighted by molar-refractivity contribution is 5.82. The van der Waals surface area contributed by atoms with Crippen LogP contribution in [0.25, 0.3) is 10.8 Å². The number of amides is 1. The number of hydrogen-bond donors (Lipinski definition) is 0. The number of likely N-dealkylation sites (tertiary alicyclic amines) is 1. The molecule has 5 heteroatoms. The van der Waals surface area contributed by atoms with Gasteiger partial charge in [0, 0.05) is 19.0 Å². The van der Waals surface area contributed by atoms with E-state index < -0.39 is 6.09 Å². The molecule has 0 N–H and O–H groups in total. The number of carboxylic acid groups (broad SMARTS) is 1. The van der Waals surface area contributed by atoms with Crippen molar-refractivity contribution in [2.45, 2.75) is 25.0 Å². The van der Waals surface area contributed by atoms with Crippen LogP contribution in [0.15, 0.2) is 66.7 Å². The number of nitrogens with zero attached hydrogens (tertiary/aromatic N) is 1. The van der Waals surface area contributed by atoms with E-state index in [0.717, 1.165) is 21.9 Å². The molecule has 0 aromatic heterocycles. The Morgan fingerprint density at radius 2 is 1.89 bits per heavy atom. The van der Waals surface area contributed by atoms with Crippen LogP contribution in [0.4, 0.5) is 9.18 Å². The van der Waals surface area contributed by atoms with E-state index in [0.29, 0.717) is 19.6 Å². The molecule has 1 amide bonds. The summed E-state index contributed by atoms with van der Waals surface area (Å²) in [6, 6.07) is 20.7. The molecule has 0 radical (unpaired) electrons. The smallest absolute Gasteiger partial charge is 0.137 e. The first kappa shape index (κ1) is 18.4. The number of carbonyl (C=O) groups excluding carboxylic acids is 1. The predicted molar refractivity (Wildman–Crippen MR) is 103 cm³/mol. The Labute approximate surface area is 163 Å². The molecule has 3 aromatic carbocycles. The molecule has 1 aliphatic rings. The average molecular weight is 378 g/mol. The fraction of sp³-hybridized carbons (Fsp3) is 0.261. The van der Waals surface area contributed by atoms with E-state index in [2.05, 4.69) is 12.1 Å².